The predicted octanol–water partition coefficient (Wildman–Crippen LogP) is 3.08. The van der Waals surface area contributed by atoms with Crippen molar-refractivity contribution in [2.45, 2.75) is 31.7 Å². The molecule has 0 saturated carbocycles. The minimum absolute atomic E-state index is 0.0422. The van der Waals surface area contributed by atoms with E-state index in [1.807, 2.05) is 25.1 Å². The Morgan fingerprint density at radius 3 is 2.42 bits per heavy atom. The van der Waals surface area contributed by atoms with Gasteiger partial charge in [-0.25, -0.2) is 4.79 Å². The Bertz CT molecular complexity index is 1340. The summed E-state index contributed by atoms with van der Waals surface area (Å²) in [5.74, 6) is -1.44. The molecule has 8 heteroatoms. The summed E-state index contributed by atoms with van der Waals surface area (Å²) in [5.41, 5.74) is 8.07. The minimum Gasteiger partial charge on any atom is -0.493 e. The zero-order valence-corrected chi connectivity index (χ0v) is 20.2. The molecule has 4 rings (SSSR count). The zero-order valence-electron chi connectivity index (χ0n) is 20.2. The molecule has 1 atom stereocenters. The van der Waals surface area contributed by atoms with E-state index in [0.29, 0.717) is 35.7 Å². The molecule has 3 aromatic carbocycles. The maximum atomic E-state index is 13.2. The van der Waals surface area contributed by atoms with Crippen LogP contribution in [0, 0.1) is 6.92 Å². The van der Waals surface area contributed by atoms with Crippen LogP contribution in [0.5, 0.6) is 11.5 Å². The van der Waals surface area contributed by atoms with Crippen LogP contribution < -0.4 is 20.5 Å². The number of methoxy groups -OCH3 is 1. The van der Waals surface area contributed by atoms with Crippen molar-refractivity contribution in [2.24, 2.45) is 5.73 Å². The van der Waals surface area contributed by atoms with Crippen LogP contribution in [0.25, 0.3) is 0 Å². The van der Waals surface area contributed by atoms with Crippen LogP contribution in [0.2, 0.25) is 0 Å². The van der Waals surface area contributed by atoms with Crippen molar-refractivity contribution < 1.29 is 29.0 Å². The summed E-state index contributed by atoms with van der Waals surface area (Å²) in [5, 5.41) is 12.7. The number of nitrogens with two attached hydrogens (primary N) is 1. The van der Waals surface area contributed by atoms with Crippen molar-refractivity contribution in [3.63, 3.8) is 0 Å². The van der Waals surface area contributed by atoms with E-state index in [1.54, 1.807) is 36.4 Å². The molecule has 36 heavy (non-hydrogen) atoms. The summed E-state index contributed by atoms with van der Waals surface area (Å²) in [6.45, 7) is 2.40. The van der Waals surface area contributed by atoms with E-state index >= 15 is 0 Å². The topological polar surface area (TPSA) is 128 Å². The number of aliphatic carboxylic acids is 1. The van der Waals surface area contributed by atoms with E-state index < -0.39 is 23.3 Å². The standard InChI is InChI=1S/C28H28N2O6/c1-17-4-3-5-18(12-17)10-11-36-24-14-20(8-9-23(24)35-2)26(32)30-28(27(33)34)15-21-7-6-19(25(29)31)13-22(21)16-28/h3-9,12-14H,10-11,15-16H2,1-2H3,(H2,29,31)(H,30,32)(H,33,34). The number of carboxylic acid groups (broad SMARTS) is 1. The third kappa shape index (κ3) is 5.17. The molecule has 0 fully saturated rings. The van der Waals surface area contributed by atoms with E-state index in [-0.39, 0.29) is 18.4 Å². The number of rotatable bonds is 9. The molecule has 0 aliphatic heterocycles. The van der Waals surface area contributed by atoms with Crippen molar-refractivity contribution in [1.29, 1.82) is 0 Å². The van der Waals surface area contributed by atoms with Crippen LogP contribution in [0.4, 0.5) is 0 Å². The lowest BCUT2D eigenvalue weighted by Gasteiger charge is -2.25. The number of carbonyl (C=O) groups is 3. The number of ether oxygens (including phenoxy) is 2. The number of benzene rings is 3. The third-order valence-electron chi connectivity index (χ3n) is 6.39. The highest BCUT2D eigenvalue weighted by Gasteiger charge is 2.45. The van der Waals surface area contributed by atoms with Gasteiger partial charge in [0.25, 0.3) is 5.91 Å². The Kier molecular flexibility index (Phi) is 6.96. The lowest BCUT2D eigenvalue weighted by atomic mass is 9.95. The average molecular weight is 489 g/mol. The summed E-state index contributed by atoms with van der Waals surface area (Å²) >= 11 is 0. The van der Waals surface area contributed by atoms with Crippen LogP contribution in [0.1, 0.15) is 43.0 Å². The lowest BCUT2D eigenvalue weighted by Crippen LogP contribution is -2.55. The average Bonchev–Trinajstić information content (AvgIpc) is 3.22. The molecule has 1 unspecified atom stereocenters. The van der Waals surface area contributed by atoms with Gasteiger partial charge in [0, 0.05) is 30.4 Å². The Labute approximate surface area is 209 Å². The lowest BCUT2D eigenvalue weighted by molar-refractivity contribution is -0.144. The largest absolute Gasteiger partial charge is 0.493 e. The van der Waals surface area contributed by atoms with Crippen LogP contribution in [0.3, 0.4) is 0 Å². The first-order valence-corrected chi connectivity index (χ1v) is 11.5. The second-order valence-corrected chi connectivity index (χ2v) is 9.00. The van der Waals surface area contributed by atoms with Gasteiger partial charge in [-0.1, -0.05) is 35.9 Å². The fourth-order valence-corrected chi connectivity index (χ4v) is 4.49. The number of hydrogen-bond donors (Lipinski definition) is 3. The normalized spacial score (nSPS) is 16.2. The number of nitrogens with one attached hydrogen (secondary N) is 1. The summed E-state index contributed by atoms with van der Waals surface area (Å²) < 4.78 is 11.3. The smallest absolute Gasteiger partial charge is 0.330 e. The number of fused-ring (bicyclic) bond motifs is 1. The van der Waals surface area contributed by atoms with Crippen LogP contribution >= 0.6 is 0 Å². The van der Waals surface area contributed by atoms with Crippen molar-refractivity contribution >= 4 is 17.8 Å². The Morgan fingerprint density at radius 1 is 0.972 bits per heavy atom. The molecule has 1 aliphatic carbocycles. The van der Waals surface area contributed by atoms with E-state index in [2.05, 4.69) is 11.4 Å². The van der Waals surface area contributed by atoms with Gasteiger partial charge in [-0.15, -0.1) is 0 Å². The summed E-state index contributed by atoms with van der Waals surface area (Å²) in [6.07, 6.45) is 0.813. The van der Waals surface area contributed by atoms with Gasteiger partial charge in [-0.3, -0.25) is 9.59 Å². The number of amides is 2. The molecule has 8 nitrogen and oxygen atoms in total. The van der Waals surface area contributed by atoms with Gasteiger partial charge in [0.2, 0.25) is 5.91 Å². The first kappa shape index (κ1) is 24.8. The van der Waals surface area contributed by atoms with E-state index in [1.165, 1.54) is 7.11 Å². The molecule has 4 N–H and O–H groups in total. The molecule has 1 aliphatic rings. The highest BCUT2D eigenvalue weighted by Crippen LogP contribution is 2.33. The Balaban J connectivity index is 1.50. The maximum Gasteiger partial charge on any atom is 0.330 e. The van der Waals surface area contributed by atoms with E-state index in [9.17, 15) is 19.5 Å². The fraction of sp³-hybridized carbons (Fsp3) is 0.250. The number of hydrogen-bond acceptors (Lipinski definition) is 5. The van der Waals surface area contributed by atoms with Gasteiger partial charge in [0.05, 0.1) is 13.7 Å². The number of primary amides is 1. The molecule has 186 valence electrons. The number of carbonyl (C=O) groups excluding carboxylic acids is 2. The molecule has 0 radical (unpaired) electrons. The highest BCUT2D eigenvalue weighted by molar-refractivity contribution is 5.99. The molecule has 3 aromatic rings. The maximum absolute atomic E-state index is 13.2. The Morgan fingerprint density at radius 2 is 1.72 bits per heavy atom. The number of carboxylic acids is 1. The van der Waals surface area contributed by atoms with Crippen molar-refractivity contribution in [3.8, 4) is 11.5 Å². The van der Waals surface area contributed by atoms with Crippen LogP contribution in [-0.2, 0) is 24.1 Å². The SMILES string of the molecule is COc1ccc(C(=O)NC2(C(=O)O)Cc3ccc(C(N)=O)cc3C2)cc1OCCc1cccc(C)c1. The molecule has 2 amide bonds. The molecule has 0 bridgehead atoms. The fourth-order valence-electron chi connectivity index (χ4n) is 4.49. The van der Waals surface area contributed by atoms with Gasteiger partial charge in [-0.2, -0.15) is 0 Å². The number of aryl methyl sites for hydroxylation is 1. The third-order valence-corrected chi connectivity index (χ3v) is 6.39. The molecule has 0 saturated heterocycles. The summed E-state index contributed by atoms with van der Waals surface area (Å²) in [4.78, 5) is 37.0. The first-order valence-electron chi connectivity index (χ1n) is 11.5. The minimum atomic E-state index is -1.54. The molecular weight excluding hydrogens is 460 g/mol. The molecule has 0 aromatic heterocycles. The molecular formula is C28H28N2O6. The van der Waals surface area contributed by atoms with E-state index in [0.717, 1.165) is 16.7 Å². The van der Waals surface area contributed by atoms with Gasteiger partial charge < -0.3 is 25.6 Å². The Hall–Kier alpha value is -4.33. The van der Waals surface area contributed by atoms with Crippen molar-refractivity contribution in [1.82, 2.24) is 5.32 Å². The quantitative estimate of drug-likeness (QED) is 0.425. The zero-order chi connectivity index (χ0) is 25.9. The monoisotopic (exact) mass is 488 g/mol. The van der Waals surface area contributed by atoms with Gasteiger partial charge in [0.1, 0.15) is 5.54 Å². The molecule has 0 heterocycles. The second-order valence-electron chi connectivity index (χ2n) is 9.00. The van der Waals surface area contributed by atoms with Gasteiger partial charge in [-0.05, 0) is 53.9 Å². The van der Waals surface area contributed by atoms with Crippen molar-refractivity contribution in [3.05, 3.63) is 94.0 Å². The predicted molar refractivity (Wildman–Crippen MR) is 134 cm³/mol. The van der Waals surface area contributed by atoms with Gasteiger partial charge in [0.15, 0.2) is 11.5 Å². The van der Waals surface area contributed by atoms with Gasteiger partial charge >= 0.3 is 5.97 Å². The van der Waals surface area contributed by atoms with Crippen LogP contribution in [0.15, 0.2) is 60.7 Å². The first-order chi connectivity index (χ1) is 17.2. The van der Waals surface area contributed by atoms with Crippen molar-refractivity contribution in [2.75, 3.05) is 13.7 Å². The van der Waals surface area contributed by atoms with E-state index in [4.69, 9.17) is 15.2 Å². The highest BCUT2D eigenvalue weighted by atomic mass is 16.5. The summed E-state index contributed by atoms with van der Waals surface area (Å²) in [6, 6.07) is 17.7. The summed E-state index contributed by atoms with van der Waals surface area (Å²) in [7, 11) is 1.51. The second kappa shape index (κ2) is 10.1. The molecule has 0 spiro atoms. The van der Waals surface area contributed by atoms with Crippen LogP contribution in [-0.4, -0.2) is 42.1 Å².